The third-order valence-electron chi connectivity index (χ3n) is 3.44. The van der Waals surface area contributed by atoms with Crippen LogP contribution in [-0.4, -0.2) is 31.0 Å². The van der Waals surface area contributed by atoms with Gasteiger partial charge in [-0.3, -0.25) is 4.99 Å². The molecule has 4 heteroatoms. The second-order valence-corrected chi connectivity index (χ2v) is 5.19. The lowest BCUT2D eigenvalue weighted by Gasteiger charge is -2.34. The number of hydrogen-bond acceptors (Lipinski definition) is 4. The van der Waals surface area contributed by atoms with Crippen molar-refractivity contribution in [3.8, 4) is 0 Å². The van der Waals surface area contributed by atoms with Crippen LogP contribution in [-0.2, 0) is 11.3 Å². The Morgan fingerprint density at radius 2 is 2.20 bits per heavy atom. The van der Waals surface area contributed by atoms with Crippen LogP contribution in [0.2, 0.25) is 0 Å². The van der Waals surface area contributed by atoms with E-state index >= 15 is 0 Å². The van der Waals surface area contributed by atoms with Gasteiger partial charge < -0.3 is 15.8 Å². The van der Waals surface area contributed by atoms with Crippen LogP contribution >= 0.6 is 0 Å². The molecule has 1 heterocycles. The summed E-state index contributed by atoms with van der Waals surface area (Å²) < 4.78 is 5.95. The number of nitrogens with zero attached hydrogens (tertiary/aromatic N) is 1. The Morgan fingerprint density at radius 1 is 1.45 bits per heavy atom. The van der Waals surface area contributed by atoms with Gasteiger partial charge in [0.2, 0.25) is 0 Å². The Balaban J connectivity index is 0.00000220. The Hall–Kier alpha value is -1.65. The predicted octanol–water partition coefficient (Wildman–Crippen LogP) is 2.11. The van der Waals surface area contributed by atoms with Crippen molar-refractivity contribution < 1.29 is 6.16 Å². The third-order valence-corrected chi connectivity index (χ3v) is 3.44. The lowest BCUT2D eigenvalue weighted by molar-refractivity contribution is -0.0271. The number of nitrogens with one attached hydrogen (secondary N) is 1. The minimum absolute atomic E-state index is 0. The molecule has 20 heavy (non-hydrogen) atoms. The van der Waals surface area contributed by atoms with E-state index in [1.807, 2.05) is 24.4 Å². The van der Waals surface area contributed by atoms with Crippen molar-refractivity contribution in [1.82, 2.24) is 5.32 Å². The molecule has 0 amide bonds. The van der Waals surface area contributed by atoms with Crippen molar-refractivity contribution in [2.24, 2.45) is 10.7 Å². The highest BCUT2D eigenvalue weighted by Gasteiger charge is 2.27. The predicted molar refractivity (Wildman–Crippen MR) is 84.8 cm³/mol. The van der Waals surface area contributed by atoms with Gasteiger partial charge in [-0.05, 0) is 19.4 Å². The molecule has 1 aliphatic rings. The Morgan fingerprint density at radius 3 is 2.90 bits per heavy atom. The largest absolute Gasteiger partial charge is 0.404 e. The van der Waals surface area contributed by atoms with Crippen molar-refractivity contribution in [2.45, 2.75) is 38.6 Å². The molecule has 0 aliphatic carbocycles. The van der Waals surface area contributed by atoms with E-state index in [-0.39, 0.29) is 19.7 Å². The van der Waals surface area contributed by atoms with Gasteiger partial charge in [-0.1, -0.05) is 30.3 Å². The maximum Gasteiger partial charge on any atom is 0.101 e. The van der Waals surface area contributed by atoms with E-state index in [0.717, 1.165) is 12.1 Å². The molecule has 3 atom stereocenters. The molecular formula is C16H25N3O. The second kappa shape index (κ2) is 7.22. The van der Waals surface area contributed by atoms with Gasteiger partial charge in [0.1, 0.15) is 6.10 Å². The van der Waals surface area contributed by atoms with Gasteiger partial charge in [0.15, 0.2) is 0 Å². The highest BCUT2D eigenvalue weighted by Crippen LogP contribution is 2.16. The van der Waals surface area contributed by atoms with Crippen molar-refractivity contribution in [3.63, 3.8) is 0 Å². The SMILES string of the molecule is CC1CNC(C)C(/C(C=NCc2ccccc2)=C/N)O1.[HH]. The first-order valence-electron chi connectivity index (χ1n) is 7.05. The van der Waals surface area contributed by atoms with Gasteiger partial charge >= 0.3 is 0 Å². The monoisotopic (exact) mass is 275 g/mol. The molecule has 1 aromatic rings. The number of ether oxygens (including phenoxy) is 1. The molecule has 1 saturated heterocycles. The van der Waals surface area contributed by atoms with E-state index in [1.165, 1.54) is 5.56 Å². The second-order valence-electron chi connectivity index (χ2n) is 5.19. The minimum atomic E-state index is -0.0386. The number of rotatable bonds is 4. The van der Waals surface area contributed by atoms with Crippen LogP contribution in [0, 0.1) is 0 Å². The van der Waals surface area contributed by atoms with Gasteiger partial charge in [0.05, 0.1) is 12.6 Å². The van der Waals surface area contributed by atoms with Gasteiger partial charge in [-0.25, -0.2) is 0 Å². The fourth-order valence-corrected chi connectivity index (χ4v) is 2.29. The fraction of sp³-hybridized carbons (Fsp3) is 0.438. The molecule has 0 aromatic heterocycles. The number of aliphatic imine (C=N–C) groups is 1. The molecular weight excluding hydrogens is 250 g/mol. The zero-order valence-corrected chi connectivity index (χ0v) is 12.1. The fourth-order valence-electron chi connectivity index (χ4n) is 2.29. The summed E-state index contributed by atoms with van der Waals surface area (Å²) in [5.41, 5.74) is 7.84. The van der Waals surface area contributed by atoms with Crippen molar-refractivity contribution in [2.75, 3.05) is 6.54 Å². The zero-order chi connectivity index (χ0) is 14.4. The lowest BCUT2D eigenvalue weighted by Crippen LogP contribution is -2.51. The Kier molecular flexibility index (Phi) is 5.32. The number of hydrogen-bond donors (Lipinski definition) is 2. The lowest BCUT2D eigenvalue weighted by atomic mass is 10.0. The molecule has 0 spiro atoms. The highest BCUT2D eigenvalue weighted by molar-refractivity contribution is 5.80. The average Bonchev–Trinajstić information content (AvgIpc) is 2.48. The van der Waals surface area contributed by atoms with Crippen LogP contribution in [0.25, 0.3) is 0 Å². The number of benzene rings is 1. The molecule has 1 aliphatic heterocycles. The first kappa shape index (κ1) is 14.8. The Labute approximate surface area is 122 Å². The summed E-state index contributed by atoms with van der Waals surface area (Å²) in [6.07, 6.45) is 3.57. The van der Waals surface area contributed by atoms with Crippen LogP contribution in [0.1, 0.15) is 20.8 Å². The third kappa shape index (κ3) is 3.92. The molecule has 3 unspecified atom stereocenters. The van der Waals surface area contributed by atoms with Crippen LogP contribution in [0.4, 0.5) is 0 Å². The van der Waals surface area contributed by atoms with E-state index in [0.29, 0.717) is 6.54 Å². The molecule has 1 fully saturated rings. The molecule has 110 valence electrons. The van der Waals surface area contributed by atoms with Crippen LogP contribution < -0.4 is 11.1 Å². The zero-order valence-electron chi connectivity index (χ0n) is 12.1. The first-order chi connectivity index (χ1) is 9.70. The maximum absolute atomic E-state index is 5.95. The summed E-state index contributed by atoms with van der Waals surface area (Å²) in [5.74, 6) is 0. The summed E-state index contributed by atoms with van der Waals surface area (Å²) in [7, 11) is 0. The van der Waals surface area contributed by atoms with E-state index in [1.54, 1.807) is 6.20 Å². The molecule has 4 nitrogen and oxygen atoms in total. The van der Waals surface area contributed by atoms with Crippen LogP contribution in [0.3, 0.4) is 0 Å². The molecule has 0 radical (unpaired) electrons. The van der Waals surface area contributed by atoms with Gasteiger partial charge in [0, 0.05) is 32.0 Å². The van der Waals surface area contributed by atoms with Crippen molar-refractivity contribution in [3.05, 3.63) is 47.7 Å². The standard InChI is InChI=1S/C16H23N3O.H2/c1-12-9-19-13(2)16(20-12)15(8-17)11-18-10-14-6-4-3-5-7-14;/h3-8,11-13,16,19H,9-10,17H2,1-2H3;1H/b15-8+,18-11?;. The minimum Gasteiger partial charge on any atom is -0.404 e. The van der Waals surface area contributed by atoms with E-state index in [9.17, 15) is 0 Å². The van der Waals surface area contributed by atoms with Gasteiger partial charge in [0.25, 0.3) is 0 Å². The first-order valence-corrected chi connectivity index (χ1v) is 7.05. The quantitative estimate of drug-likeness (QED) is 0.827. The average molecular weight is 275 g/mol. The molecule has 3 N–H and O–H groups in total. The maximum atomic E-state index is 5.95. The number of morpholine rings is 1. The number of nitrogens with two attached hydrogens (primary N) is 1. The summed E-state index contributed by atoms with van der Waals surface area (Å²) in [4.78, 5) is 4.47. The molecule has 1 aromatic carbocycles. The highest BCUT2D eigenvalue weighted by atomic mass is 16.5. The molecule has 2 rings (SSSR count). The molecule has 0 saturated carbocycles. The normalized spacial score (nSPS) is 27.9. The summed E-state index contributed by atoms with van der Waals surface area (Å²) >= 11 is 0. The topological polar surface area (TPSA) is 59.6 Å². The van der Waals surface area contributed by atoms with E-state index in [4.69, 9.17) is 10.5 Å². The van der Waals surface area contributed by atoms with Gasteiger partial charge in [-0.2, -0.15) is 0 Å². The summed E-state index contributed by atoms with van der Waals surface area (Å²) in [6, 6.07) is 10.4. The Bertz CT molecular complexity index is 476. The smallest absolute Gasteiger partial charge is 0.101 e. The van der Waals surface area contributed by atoms with Crippen molar-refractivity contribution >= 4 is 6.21 Å². The van der Waals surface area contributed by atoms with Crippen LogP contribution in [0.15, 0.2) is 47.1 Å². The van der Waals surface area contributed by atoms with E-state index < -0.39 is 0 Å². The summed E-state index contributed by atoms with van der Waals surface area (Å²) in [6.45, 7) is 5.69. The van der Waals surface area contributed by atoms with E-state index in [2.05, 4.69) is 36.3 Å². The van der Waals surface area contributed by atoms with Crippen LogP contribution in [0.5, 0.6) is 0 Å². The van der Waals surface area contributed by atoms with Crippen molar-refractivity contribution in [1.29, 1.82) is 0 Å². The summed E-state index contributed by atoms with van der Waals surface area (Å²) in [5, 5.41) is 3.42. The van der Waals surface area contributed by atoms with Gasteiger partial charge in [-0.15, -0.1) is 0 Å². The molecule has 0 bridgehead atoms.